The van der Waals surface area contributed by atoms with Crippen molar-refractivity contribution in [3.05, 3.63) is 29.8 Å². The molecule has 1 fully saturated rings. The molecule has 4 nitrogen and oxygen atoms in total. The summed E-state index contributed by atoms with van der Waals surface area (Å²) >= 11 is 0. The van der Waals surface area contributed by atoms with E-state index in [0.29, 0.717) is 11.5 Å². The van der Waals surface area contributed by atoms with Crippen LogP contribution >= 0.6 is 0 Å². The fraction of sp³-hybridized carbons (Fsp3) is 0.538. The van der Waals surface area contributed by atoms with Crippen LogP contribution in [0.1, 0.15) is 18.9 Å². The normalized spacial score (nSPS) is 23.6. The molecule has 0 amide bonds. The minimum atomic E-state index is -1.39. The van der Waals surface area contributed by atoms with Crippen molar-refractivity contribution in [2.45, 2.75) is 32.0 Å². The Labute approximate surface area is 108 Å². The Hall–Kier alpha value is -0.875. The Morgan fingerprint density at radius 3 is 2.50 bits per heavy atom. The van der Waals surface area contributed by atoms with Gasteiger partial charge < -0.3 is 14.8 Å². The molecule has 1 heterocycles. The number of hydrogen-bond acceptors (Lipinski definition) is 4. The first-order valence-corrected chi connectivity index (χ1v) is 6.34. The van der Waals surface area contributed by atoms with Crippen LogP contribution < -0.4 is 5.46 Å². The second kappa shape index (κ2) is 5.84. The molecule has 1 aliphatic heterocycles. The van der Waals surface area contributed by atoms with Crippen LogP contribution in [0.4, 0.5) is 0 Å². The average molecular weight is 249 g/mol. The molecule has 0 aromatic heterocycles. The van der Waals surface area contributed by atoms with Gasteiger partial charge in [0.05, 0.1) is 6.10 Å². The van der Waals surface area contributed by atoms with Gasteiger partial charge in [-0.2, -0.15) is 0 Å². The molecule has 1 aliphatic rings. The summed E-state index contributed by atoms with van der Waals surface area (Å²) in [7, 11) is 0.713. The lowest BCUT2D eigenvalue weighted by Gasteiger charge is -2.26. The van der Waals surface area contributed by atoms with E-state index in [9.17, 15) is 0 Å². The molecule has 0 saturated carbocycles. The second-order valence-electron chi connectivity index (χ2n) is 4.96. The Bertz CT molecular complexity index is 382. The first-order chi connectivity index (χ1) is 8.58. The van der Waals surface area contributed by atoms with Crippen LogP contribution in [-0.4, -0.2) is 47.9 Å². The molecule has 98 valence electrons. The van der Waals surface area contributed by atoms with Crippen molar-refractivity contribution in [3.8, 4) is 0 Å². The van der Waals surface area contributed by atoms with Gasteiger partial charge in [0.25, 0.3) is 0 Å². The van der Waals surface area contributed by atoms with Crippen LogP contribution in [-0.2, 0) is 11.3 Å². The lowest BCUT2D eigenvalue weighted by molar-refractivity contribution is 0.0814. The third-order valence-corrected chi connectivity index (χ3v) is 3.61. The fourth-order valence-electron chi connectivity index (χ4n) is 2.50. The SMILES string of the molecule is CC1OCCC1N(C)Cc1ccc(B(O)O)cc1. The topological polar surface area (TPSA) is 52.9 Å². The molecule has 0 radical (unpaired) electrons. The van der Waals surface area contributed by atoms with E-state index < -0.39 is 7.12 Å². The third-order valence-electron chi connectivity index (χ3n) is 3.61. The van der Waals surface area contributed by atoms with Gasteiger partial charge in [-0.15, -0.1) is 0 Å². The number of likely N-dealkylation sites (N-methyl/N-ethyl adjacent to an activating group) is 1. The molecule has 2 rings (SSSR count). The quantitative estimate of drug-likeness (QED) is 0.736. The van der Waals surface area contributed by atoms with Crippen LogP contribution in [0.5, 0.6) is 0 Å². The summed E-state index contributed by atoms with van der Waals surface area (Å²) in [4.78, 5) is 2.29. The van der Waals surface area contributed by atoms with E-state index in [-0.39, 0.29) is 6.10 Å². The minimum absolute atomic E-state index is 0.286. The van der Waals surface area contributed by atoms with Gasteiger partial charge in [-0.25, -0.2) is 0 Å². The maximum Gasteiger partial charge on any atom is 0.488 e. The van der Waals surface area contributed by atoms with Gasteiger partial charge in [0.1, 0.15) is 0 Å². The molecule has 1 aromatic rings. The number of hydrogen-bond donors (Lipinski definition) is 2. The summed E-state index contributed by atoms with van der Waals surface area (Å²) in [6.07, 6.45) is 1.36. The van der Waals surface area contributed by atoms with Gasteiger partial charge in [0, 0.05) is 19.2 Å². The minimum Gasteiger partial charge on any atom is -0.423 e. The number of nitrogens with zero attached hydrogens (tertiary/aromatic N) is 1. The van der Waals surface area contributed by atoms with Gasteiger partial charge in [-0.1, -0.05) is 24.3 Å². The molecule has 0 spiro atoms. The van der Waals surface area contributed by atoms with Crippen molar-refractivity contribution in [3.63, 3.8) is 0 Å². The van der Waals surface area contributed by atoms with E-state index in [4.69, 9.17) is 14.8 Å². The van der Waals surface area contributed by atoms with Gasteiger partial charge in [0.15, 0.2) is 0 Å². The Kier molecular flexibility index (Phi) is 4.40. The monoisotopic (exact) mass is 249 g/mol. The molecular weight excluding hydrogens is 229 g/mol. The number of rotatable bonds is 4. The zero-order chi connectivity index (χ0) is 13.1. The standard InChI is InChI=1S/C13H20BNO3/c1-10-13(7-8-18-10)15(2)9-11-3-5-12(6-4-11)14(16)17/h3-6,10,13,16-17H,7-9H2,1-2H3. The zero-order valence-electron chi connectivity index (χ0n) is 10.9. The Morgan fingerprint density at radius 1 is 1.33 bits per heavy atom. The summed E-state index contributed by atoms with van der Waals surface area (Å²) in [6, 6.07) is 7.84. The molecule has 2 unspecified atom stereocenters. The smallest absolute Gasteiger partial charge is 0.423 e. The van der Waals surface area contributed by atoms with Crippen LogP contribution in [0.25, 0.3) is 0 Å². The second-order valence-corrected chi connectivity index (χ2v) is 4.96. The predicted molar refractivity (Wildman–Crippen MR) is 71.6 cm³/mol. The molecule has 5 heteroatoms. The highest BCUT2D eigenvalue weighted by Gasteiger charge is 2.27. The highest BCUT2D eigenvalue weighted by Crippen LogP contribution is 2.19. The Balaban J connectivity index is 1.96. The Morgan fingerprint density at radius 2 is 2.00 bits per heavy atom. The summed E-state index contributed by atoms with van der Waals surface area (Å²) in [5.74, 6) is 0. The molecule has 2 atom stereocenters. The fourth-order valence-corrected chi connectivity index (χ4v) is 2.50. The highest BCUT2D eigenvalue weighted by molar-refractivity contribution is 6.58. The first-order valence-electron chi connectivity index (χ1n) is 6.34. The predicted octanol–water partition coefficient (Wildman–Crippen LogP) is -0.0244. The third kappa shape index (κ3) is 3.11. The van der Waals surface area contributed by atoms with Gasteiger partial charge in [0.2, 0.25) is 0 Å². The van der Waals surface area contributed by atoms with Gasteiger partial charge >= 0.3 is 7.12 Å². The van der Waals surface area contributed by atoms with E-state index in [1.54, 1.807) is 12.1 Å². The maximum atomic E-state index is 9.03. The van der Waals surface area contributed by atoms with Crippen LogP contribution in [0.3, 0.4) is 0 Å². The largest absolute Gasteiger partial charge is 0.488 e. The van der Waals surface area contributed by atoms with Crippen LogP contribution in [0.2, 0.25) is 0 Å². The van der Waals surface area contributed by atoms with E-state index in [2.05, 4.69) is 18.9 Å². The van der Waals surface area contributed by atoms with Crippen molar-refractivity contribution in [2.75, 3.05) is 13.7 Å². The molecular formula is C13H20BNO3. The van der Waals surface area contributed by atoms with Crippen LogP contribution in [0, 0.1) is 0 Å². The molecule has 0 aliphatic carbocycles. The average Bonchev–Trinajstić information content (AvgIpc) is 2.76. The number of benzene rings is 1. The summed E-state index contributed by atoms with van der Waals surface area (Å²) in [5, 5.41) is 18.1. The lowest BCUT2D eigenvalue weighted by Crippen LogP contribution is -2.36. The molecule has 0 bridgehead atoms. The van der Waals surface area contributed by atoms with Gasteiger partial charge in [-0.3, -0.25) is 4.90 Å². The highest BCUT2D eigenvalue weighted by atomic mass is 16.5. The lowest BCUT2D eigenvalue weighted by atomic mass is 9.80. The summed E-state index contributed by atoms with van der Waals surface area (Å²) in [6.45, 7) is 3.80. The van der Waals surface area contributed by atoms with Crippen molar-refractivity contribution in [1.29, 1.82) is 0 Å². The van der Waals surface area contributed by atoms with E-state index in [1.165, 1.54) is 5.56 Å². The van der Waals surface area contributed by atoms with E-state index in [1.807, 2.05) is 12.1 Å². The van der Waals surface area contributed by atoms with Crippen molar-refractivity contribution in [1.82, 2.24) is 4.90 Å². The molecule has 18 heavy (non-hydrogen) atoms. The molecule has 2 N–H and O–H groups in total. The van der Waals surface area contributed by atoms with Crippen molar-refractivity contribution >= 4 is 12.6 Å². The summed E-state index contributed by atoms with van der Waals surface area (Å²) in [5.41, 5.74) is 1.69. The zero-order valence-corrected chi connectivity index (χ0v) is 10.9. The number of ether oxygens (including phenoxy) is 1. The summed E-state index contributed by atoms with van der Waals surface area (Å²) < 4.78 is 5.57. The molecule has 1 aromatic carbocycles. The van der Waals surface area contributed by atoms with Crippen LogP contribution in [0.15, 0.2) is 24.3 Å². The van der Waals surface area contributed by atoms with E-state index in [0.717, 1.165) is 19.6 Å². The van der Waals surface area contributed by atoms with E-state index >= 15 is 0 Å². The van der Waals surface area contributed by atoms with Crippen molar-refractivity contribution < 1.29 is 14.8 Å². The maximum absolute atomic E-state index is 9.03. The van der Waals surface area contributed by atoms with Gasteiger partial charge in [-0.05, 0) is 31.4 Å². The first kappa shape index (κ1) is 13.6. The molecule has 1 saturated heterocycles. The van der Waals surface area contributed by atoms with Crippen molar-refractivity contribution in [2.24, 2.45) is 0 Å².